The van der Waals surface area contributed by atoms with Gasteiger partial charge in [-0.25, -0.2) is 9.79 Å². The van der Waals surface area contributed by atoms with E-state index in [2.05, 4.69) is 4.99 Å². The predicted octanol–water partition coefficient (Wildman–Crippen LogP) is 1.45. The average Bonchev–Trinajstić information content (AvgIpc) is 2.37. The number of hydrogen-bond donors (Lipinski definition) is 0. The quantitative estimate of drug-likeness (QED) is 0.470. The molecule has 0 aliphatic carbocycles. The van der Waals surface area contributed by atoms with Crippen LogP contribution in [0.3, 0.4) is 0 Å². The maximum Gasteiger partial charge on any atom is 0.337 e. The van der Waals surface area contributed by atoms with Gasteiger partial charge in [-0.2, -0.15) is 0 Å². The molecule has 5 heteroatoms. The molecular formula is C14H21N3O2. The minimum atomic E-state index is -0.328. The van der Waals surface area contributed by atoms with Crippen molar-refractivity contribution < 1.29 is 9.53 Å². The van der Waals surface area contributed by atoms with Gasteiger partial charge in [-0.3, -0.25) is 0 Å². The van der Waals surface area contributed by atoms with Crippen molar-refractivity contribution in [2.45, 2.75) is 6.54 Å². The molecule has 1 rings (SSSR count). The maximum atomic E-state index is 11.4. The number of esters is 1. The lowest BCUT2D eigenvalue weighted by atomic mass is 10.1. The second kappa shape index (κ2) is 6.78. The molecule has 19 heavy (non-hydrogen) atoms. The third-order valence-electron chi connectivity index (χ3n) is 2.55. The van der Waals surface area contributed by atoms with Crippen LogP contribution in [0.1, 0.15) is 15.9 Å². The van der Waals surface area contributed by atoms with E-state index in [1.807, 2.05) is 50.1 Å². The van der Waals surface area contributed by atoms with Crippen LogP contribution in [0.2, 0.25) is 0 Å². The highest BCUT2D eigenvalue weighted by Gasteiger charge is 2.07. The molecule has 1 aromatic carbocycles. The van der Waals surface area contributed by atoms with Crippen LogP contribution in [0.5, 0.6) is 0 Å². The second-order valence-corrected chi connectivity index (χ2v) is 4.60. The molecule has 0 saturated heterocycles. The van der Waals surface area contributed by atoms with E-state index in [-0.39, 0.29) is 5.97 Å². The van der Waals surface area contributed by atoms with Crippen molar-refractivity contribution in [3.63, 3.8) is 0 Å². The van der Waals surface area contributed by atoms with Crippen molar-refractivity contribution in [3.05, 3.63) is 35.4 Å². The molecule has 0 bridgehead atoms. The third-order valence-corrected chi connectivity index (χ3v) is 2.55. The van der Waals surface area contributed by atoms with Gasteiger partial charge in [0, 0.05) is 28.2 Å². The fraction of sp³-hybridized carbons (Fsp3) is 0.429. The standard InChI is InChI=1S/C14H21N3O2/c1-16(2)14(17(3)4)15-10-11-7-6-8-12(9-11)13(18)19-5/h6-9H,10H2,1-5H3. The van der Waals surface area contributed by atoms with E-state index in [1.54, 1.807) is 12.1 Å². The Balaban J connectivity index is 2.88. The number of guanidine groups is 1. The fourth-order valence-electron chi connectivity index (χ4n) is 1.76. The van der Waals surface area contributed by atoms with Crippen molar-refractivity contribution in [2.24, 2.45) is 4.99 Å². The van der Waals surface area contributed by atoms with E-state index in [4.69, 9.17) is 4.74 Å². The first kappa shape index (κ1) is 15.0. The number of carbonyl (C=O) groups excluding carboxylic acids is 1. The summed E-state index contributed by atoms with van der Waals surface area (Å²) in [7, 11) is 9.17. The highest BCUT2D eigenvalue weighted by Crippen LogP contribution is 2.08. The predicted molar refractivity (Wildman–Crippen MR) is 76.3 cm³/mol. The molecule has 104 valence electrons. The molecule has 0 aliphatic rings. The van der Waals surface area contributed by atoms with E-state index in [0.29, 0.717) is 12.1 Å². The molecule has 0 aliphatic heterocycles. The monoisotopic (exact) mass is 263 g/mol. The first-order chi connectivity index (χ1) is 8.95. The summed E-state index contributed by atoms with van der Waals surface area (Å²) in [6, 6.07) is 7.32. The van der Waals surface area contributed by atoms with Gasteiger partial charge < -0.3 is 14.5 Å². The molecule has 0 unspecified atom stereocenters. The van der Waals surface area contributed by atoms with Crippen LogP contribution in [-0.4, -0.2) is 57.0 Å². The zero-order valence-electron chi connectivity index (χ0n) is 12.2. The third kappa shape index (κ3) is 4.28. The molecule has 0 saturated carbocycles. The molecule has 0 atom stereocenters. The van der Waals surface area contributed by atoms with Crippen LogP contribution in [0.4, 0.5) is 0 Å². The van der Waals surface area contributed by atoms with Crippen LogP contribution < -0.4 is 0 Å². The minimum absolute atomic E-state index is 0.328. The van der Waals surface area contributed by atoms with Gasteiger partial charge in [-0.15, -0.1) is 0 Å². The molecule has 0 heterocycles. The van der Waals surface area contributed by atoms with Crippen molar-refractivity contribution in [1.29, 1.82) is 0 Å². The van der Waals surface area contributed by atoms with Crippen LogP contribution in [0.25, 0.3) is 0 Å². The van der Waals surface area contributed by atoms with Crippen LogP contribution >= 0.6 is 0 Å². The Morgan fingerprint density at radius 3 is 2.37 bits per heavy atom. The van der Waals surface area contributed by atoms with Gasteiger partial charge in [0.05, 0.1) is 19.2 Å². The fourth-order valence-corrected chi connectivity index (χ4v) is 1.76. The lowest BCUT2D eigenvalue weighted by Crippen LogP contribution is -2.35. The van der Waals surface area contributed by atoms with Gasteiger partial charge in [0.25, 0.3) is 0 Å². The number of carbonyl (C=O) groups is 1. The van der Waals surface area contributed by atoms with E-state index >= 15 is 0 Å². The lowest BCUT2D eigenvalue weighted by Gasteiger charge is -2.22. The van der Waals surface area contributed by atoms with Crippen molar-refractivity contribution >= 4 is 11.9 Å². The Morgan fingerprint density at radius 1 is 1.21 bits per heavy atom. The van der Waals surface area contributed by atoms with Gasteiger partial charge in [0.1, 0.15) is 0 Å². The Hall–Kier alpha value is -2.04. The summed E-state index contributed by atoms with van der Waals surface area (Å²) in [5.74, 6) is 0.551. The molecule has 0 radical (unpaired) electrons. The molecule has 0 fully saturated rings. The SMILES string of the molecule is COC(=O)c1cccc(CN=C(N(C)C)N(C)C)c1. The summed E-state index contributed by atoms with van der Waals surface area (Å²) in [6.07, 6.45) is 0. The summed E-state index contributed by atoms with van der Waals surface area (Å²) < 4.78 is 4.70. The molecule has 0 N–H and O–H groups in total. The summed E-state index contributed by atoms with van der Waals surface area (Å²) in [6.45, 7) is 0.524. The summed E-state index contributed by atoms with van der Waals surface area (Å²) in [5, 5.41) is 0. The molecule has 0 spiro atoms. The van der Waals surface area contributed by atoms with Gasteiger partial charge in [0.2, 0.25) is 0 Å². The van der Waals surface area contributed by atoms with E-state index in [1.165, 1.54) is 7.11 Å². The first-order valence-electron chi connectivity index (χ1n) is 6.02. The summed E-state index contributed by atoms with van der Waals surface area (Å²) in [5.41, 5.74) is 1.52. The van der Waals surface area contributed by atoms with Gasteiger partial charge in [0.15, 0.2) is 5.96 Å². The van der Waals surface area contributed by atoms with Crippen LogP contribution in [0.15, 0.2) is 29.3 Å². The number of benzene rings is 1. The molecule has 1 aromatic rings. The normalized spacial score (nSPS) is 9.74. The molecule has 0 aromatic heterocycles. The zero-order chi connectivity index (χ0) is 14.4. The van der Waals surface area contributed by atoms with E-state index in [9.17, 15) is 4.79 Å². The highest BCUT2D eigenvalue weighted by molar-refractivity contribution is 5.89. The Morgan fingerprint density at radius 2 is 1.84 bits per heavy atom. The maximum absolute atomic E-state index is 11.4. The number of aliphatic imine (C=N–C) groups is 1. The first-order valence-corrected chi connectivity index (χ1v) is 6.02. The second-order valence-electron chi connectivity index (χ2n) is 4.60. The van der Waals surface area contributed by atoms with Gasteiger partial charge >= 0.3 is 5.97 Å². The Kier molecular flexibility index (Phi) is 5.36. The number of methoxy groups -OCH3 is 1. The largest absolute Gasteiger partial charge is 0.465 e. The van der Waals surface area contributed by atoms with E-state index in [0.717, 1.165) is 11.5 Å². The number of nitrogens with zero attached hydrogens (tertiary/aromatic N) is 3. The summed E-state index contributed by atoms with van der Waals surface area (Å²) in [4.78, 5) is 19.9. The Labute approximate surface area is 114 Å². The van der Waals surface area contributed by atoms with Crippen LogP contribution in [-0.2, 0) is 11.3 Å². The van der Waals surface area contributed by atoms with Gasteiger partial charge in [-0.1, -0.05) is 12.1 Å². The smallest absolute Gasteiger partial charge is 0.337 e. The minimum Gasteiger partial charge on any atom is -0.465 e. The van der Waals surface area contributed by atoms with Gasteiger partial charge in [-0.05, 0) is 17.7 Å². The Bertz CT molecular complexity index is 458. The zero-order valence-corrected chi connectivity index (χ0v) is 12.2. The molecular weight excluding hydrogens is 242 g/mol. The molecule has 0 amide bonds. The number of hydrogen-bond acceptors (Lipinski definition) is 3. The van der Waals surface area contributed by atoms with E-state index < -0.39 is 0 Å². The van der Waals surface area contributed by atoms with Crippen molar-refractivity contribution in [3.8, 4) is 0 Å². The highest BCUT2D eigenvalue weighted by atomic mass is 16.5. The van der Waals surface area contributed by atoms with Crippen LogP contribution in [0, 0.1) is 0 Å². The number of ether oxygens (including phenoxy) is 1. The average molecular weight is 263 g/mol. The lowest BCUT2D eigenvalue weighted by molar-refractivity contribution is 0.0600. The number of rotatable bonds is 3. The molecule has 5 nitrogen and oxygen atoms in total. The van der Waals surface area contributed by atoms with Crippen molar-refractivity contribution in [2.75, 3.05) is 35.3 Å². The van der Waals surface area contributed by atoms with Crippen molar-refractivity contribution in [1.82, 2.24) is 9.80 Å². The topological polar surface area (TPSA) is 45.1 Å². The summed E-state index contributed by atoms with van der Waals surface area (Å²) >= 11 is 0.